The summed E-state index contributed by atoms with van der Waals surface area (Å²) in [5.74, 6) is 0.670. The van der Waals surface area contributed by atoms with Crippen molar-refractivity contribution in [1.82, 2.24) is 4.90 Å². The number of likely N-dealkylation sites (tertiary alicyclic amines) is 1. The topological polar surface area (TPSA) is 58.4 Å². The third kappa shape index (κ3) is 4.11. The van der Waals surface area contributed by atoms with Crippen LogP contribution in [0.4, 0.5) is 11.4 Å². The van der Waals surface area contributed by atoms with Crippen molar-refractivity contribution in [1.29, 1.82) is 0 Å². The first-order chi connectivity index (χ1) is 9.04. The lowest BCUT2D eigenvalue weighted by molar-refractivity contribution is -0.117. The molecule has 1 aromatic carbocycles. The number of carbonyl (C=O) groups excluding carboxylic acids is 1. The van der Waals surface area contributed by atoms with Crippen LogP contribution in [0.3, 0.4) is 0 Å². The Bertz CT molecular complexity index is 464. The number of benzene rings is 1. The Morgan fingerprint density at radius 2 is 2.37 bits per heavy atom. The number of hydrogen-bond acceptors (Lipinski definition) is 3. The number of piperidine rings is 1. The molecule has 1 aliphatic rings. The van der Waals surface area contributed by atoms with Gasteiger partial charge in [0.15, 0.2) is 0 Å². The standard InChI is InChI=1S/C14H20ClN3O/c1-10-3-2-6-18(8-10)9-14(19)17-11-4-5-12(15)13(16)7-11/h4-5,7,10H,2-3,6,8-9,16H2,1H3,(H,17,19). The second kappa shape index (κ2) is 6.26. The molecule has 1 unspecified atom stereocenters. The molecular weight excluding hydrogens is 262 g/mol. The summed E-state index contributed by atoms with van der Waals surface area (Å²) in [5, 5.41) is 3.36. The number of hydrogen-bond donors (Lipinski definition) is 2. The molecule has 1 amide bonds. The molecule has 1 aromatic rings. The van der Waals surface area contributed by atoms with Crippen molar-refractivity contribution in [2.45, 2.75) is 19.8 Å². The summed E-state index contributed by atoms with van der Waals surface area (Å²) >= 11 is 5.84. The Morgan fingerprint density at radius 1 is 1.58 bits per heavy atom. The summed E-state index contributed by atoms with van der Waals surface area (Å²) in [6.07, 6.45) is 2.42. The van der Waals surface area contributed by atoms with Gasteiger partial charge < -0.3 is 11.1 Å². The summed E-state index contributed by atoms with van der Waals surface area (Å²) in [4.78, 5) is 14.2. The van der Waals surface area contributed by atoms with Crippen LogP contribution in [0.1, 0.15) is 19.8 Å². The first-order valence-electron chi connectivity index (χ1n) is 6.62. The van der Waals surface area contributed by atoms with Gasteiger partial charge >= 0.3 is 0 Å². The number of anilines is 2. The average molecular weight is 282 g/mol. The molecule has 0 radical (unpaired) electrons. The molecule has 5 heteroatoms. The van der Waals surface area contributed by atoms with E-state index in [9.17, 15) is 4.79 Å². The maximum Gasteiger partial charge on any atom is 0.238 e. The highest BCUT2D eigenvalue weighted by Gasteiger charge is 2.18. The zero-order valence-electron chi connectivity index (χ0n) is 11.2. The van der Waals surface area contributed by atoms with E-state index in [0.29, 0.717) is 28.9 Å². The molecule has 0 aliphatic carbocycles. The van der Waals surface area contributed by atoms with Gasteiger partial charge in [-0.05, 0) is 43.5 Å². The molecule has 1 saturated heterocycles. The van der Waals surface area contributed by atoms with E-state index >= 15 is 0 Å². The molecular formula is C14H20ClN3O. The molecule has 3 N–H and O–H groups in total. The summed E-state index contributed by atoms with van der Waals surface area (Å²) in [5.41, 5.74) is 6.87. The first-order valence-corrected chi connectivity index (χ1v) is 6.99. The molecule has 0 saturated carbocycles. The lowest BCUT2D eigenvalue weighted by Gasteiger charge is -2.30. The molecule has 2 rings (SSSR count). The van der Waals surface area contributed by atoms with E-state index in [2.05, 4.69) is 17.1 Å². The minimum atomic E-state index is -0.00387. The molecule has 1 aliphatic heterocycles. The summed E-state index contributed by atoms with van der Waals surface area (Å²) in [7, 11) is 0. The van der Waals surface area contributed by atoms with E-state index in [0.717, 1.165) is 13.1 Å². The third-order valence-electron chi connectivity index (χ3n) is 3.39. The van der Waals surface area contributed by atoms with Gasteiger partial charge in [-0.1, -0.05) is 18.5 Å². The van der Waals surface area contributed by atoms with Gasteiger partial charge in [0.1, 0.15) is 0 Å². The number of nitrogens with zero attached hydrogens (tertiary/aromatic N) is 1. The van der Waals surface area contributed by atoms with E-state index in [1.807, 2.05) is 0 Å². The average Bonchev–Trinajstić information content (AvgIpc) is 2.34. The van der Waals surface area contributed by atoms with Crippen LogP contribution in [0, 0.1) is 5.92 Å². The Hall–Kier alpha value is -1.26. The van der Waals surface area contributed by atoms with Gasteiger partial charge in [0.25, 0.3) is 0 Å². The minimum absolute atomic E-state index is 0.00387. The SMILES string of the molecule is CC1CCCN(CC(=O)Nc2ccc(Cl)c(N)c2)C1. The van der Waals surface area contributed by atoms with Crippen molar-refractivity contribution < 1.29 is 4.79 Å². The summed E-state index contributed by atoms with van der Waals surface area (Å²) in [6.45, 7) is 4.66. The maximum atomic E-state index is 12.0. The number of rotatable bonds is 3. The van der Waals surface area contributed by atoms with Crippen LogP contribution in [-0.4, -0.2) is 30.4 Å². The highest BCUT2D eigenvalue weighted by atomic mass is 35.5. The maximum absolute atomic E-state index is 12.0. The molecule has 19 heavy (non-hydrogen) atoms. The van der Waals surface area contributed by atoms with Crippen molar-refractivity contribution in [2.24, 2.45) is 5.92 Å². The Kier molecular flexibility index (Phi) is 4.66. The summed E-state index contributed by atoms with van der Waals surface area (Å²) in [6, 6.07) is 5.13. The van der Waals surface area contributed by atoms with Gasteiger partial charge in [0.05, 0.1) is 17.3 Å². The van der Waals surface area contributed by atoms with Crippen LogP contribution in [-0.2, 0) is 4.79 Å². The zero-order valence-corrected chi connectivity index (χ0v) is 11.9. The molecule has 1 atom stereocenters. The van der Waals surface area contributed by atoms with Gasteiger partial charge in [0, 0.05) is 12.2 Å². The molecule has 104 valence electrons. The molecule has 4 nitrogen and oxygen atoms in total. The smallest absolute Gasteiger partial charge is 0.238 e. The zero-order chi connectivity index (χ0) is 13.8. The van der Waals surface area contributed by atoms with Gasteiger partial charge in [-0.25, -0.2) is 0 Å². The monoisotopic (exact) mass is 281 g/mol. The molecule has 0 bridgehead atoms. The number of halogens is 1. The number of carbonyl (C=O) groups is 1. The predicted octanol–water partition coefficient (Wildman–Crippen LogP) is 2.59. The largest absolute Gasteiger partial charge is 0.397 e. The van der Waals surface area contributed by atoms with Gasteiger partial charge in [-0.2, -0.15) is 0 Å². The van der Waals surface area contributed by atoms with E-state index in [1.165, 1.54) is 12.8 Å². The number of nitrogens with one attached hydrogen (secondary N) is 1. The quantitative estimate of drug-likeness (QED) is 0.837. The molecule has 0 aromatic heterocycles. The third-order valence-corrected chi connectivity index (χ3v) is 3.73. The molecule has 0 spiro atoms. The molecule has 1 fully saturated rings. The van der Waals surface area contributed by atoms with Crippen molar-refractivity contribution in [3.8, 4) is 0 Å². The van der Waals surface area contributed by atoms with Crippen LogP contribution in [0.5, 0.6) is 0 Å². The lowest BCUT2D eigenvalue weighted by atomic mass is 10.0. The van der Waals surface area contributed by atoms with Crippen molar-refractivity contribution in [3.63, 3.8) is 0 Å². The second-order valence-corrected chi connectivity index (χ2v) is 5.67. The van der Waals surface area contributed by atoms with Crippen LogP contribution < -0.4 is 11.1 Å². The number of nitrogen functional groups attached to an aromatic ring is 1. The van der Waals surface area contributed by atoms with Gasteiger partial charge in [0.2, 0.25) is 5.91 Å². The van der Waals surface area contributed by atoms with Gasteiger partial charge in [-0.15, -0.1) is 0 Å². The van der Waals surface area contributed by atoms with Crippen LogP contribution in [0.2, 0.25) is 5.02 Å². The molecule has 1 heterocycles. The lowest BCUT2D eigenvalue weighted by Crippen LogP contribution is -2.39. The Balaban J connectivity index is 1.88. The fourth-order valence-corrected chi connectivity index (χ4v) is 2.57. The van der Waals surface area contributed by atoms with Crippen LogP contribution in [0.25, 0.3) is 0 Å². The minimum Gasteiger partial charge on any atom is -0.397 e. The second-order valence-electron chi connectivity index (χ2n) is 5.27. The highest BCUT2D eigenvalue weighted by molar-refractivity contribution is 6.33. The first kappa shape index (κ1) is 14.2. The number of nitrogens with two attached hydrogens (primary N) is 1. The van der Waals surface area contributed by atoms with E-state index < -0.39 is 0 Å². The van der Waals surface area contributed by atoms with Crippen LogP contribution in [0.15, 0.2) is 18.2 Å². The fraction of sp³-hybridized carbons (Fsp3) is 0.500. The fourth-order valence-electron chi connectivity index (χ4n) is 2.46. The van der Waals surface area contributed by atoms with Crippen molar-refractivity contribution in [3.05, 3.63) is 23.2 Å². The Morgan fingerprint density at radius 3 is 3.05 bits per heavy atom. The normalized spacial score (nSPS) is 20.2. The Labute approximate surface area is 118 Å². The van der Waals surface area contributed by atoms with E-state index in [4.69, 9.17) is 17.3 Å². The van der Waals surface area contributed by atoms with Crippen molar-refractivity contribution in [2.75, 3.05) is 30.7 Å². The van der Waals surface area contributed by atoms with E-state index in [1.54, 1.807) is 18.2 Å². The predicted molar refractivity (Wildman–Crippen MR) is 79.3 cm³/mol. The van der Waals surface area contributed by atoms with E-state index in [-0.39, 0.29) is 5.91 Å². The summed E-state index contributed by atoms with van der Waals surface area (Å²) < 4.78 is 0. The highest BCUT2D eigenvalue weighted by Crippen LogP contribution is 2.22. The van der Waals surface area contributed by atoms with Crippen molar-refractivity contribution >= 4 is 28.9 Å². The number of amides is 1. The van der Waals surface area contributed by atoms with Crippen LogP contribution >= 0.6 is 11.6 Å². The van der Waals surface area contributed by atoms with Gasteiger partial charge in [-0.3, -0.25) is 9.69 Å².